The Morgan fingerprint density at radius 1 is 1.38 bits per heavy atom. The summed E-state index contributed by atoms with van der Waals surface area (Å²) in [6, 6.07) is 9.04. The number of benzene rings is 1. The van der Waals surface area contributed by atoms with Gasteiger partial charge in [0.2, 0.25) is 5.91 Å². The molecule has 4 nitrogen and oxygen atoms in total. The van der Waals surface area contributed by atoms with E-state index in [1.54, 1.807) is 0 Å². The van der Waals surface area contributed by atoms with Gasteiger partial charge in [0.15, 0.2) is 0 Å². The fraction of sp³-hybridized carbons (Fsp3) is 0.588. The third-order valence-electron chi connectivity index (χ3n) is 4.57. The molecule has 4 heteroatoms. The van der Waals surface area contributed by atoms with Crippen LogP contribution in [0, 0.1) is 0 Å². The second-order valence-corrected chi connectivity index (χ2v) is 5.83. The van der Waals surface area contributed by atoms with Crippen molar-refractivity contribution in [2.45, 2.75) is 57.2 Å². The Bertz CT molecular complexity index is 457. The van der Waals surface area contributed by atoms with Crippen molar-refractivity contribution in [2.24, 2.45) is 5.73 Å². The Labute approximate surface area is 127 Å². The average Bonchev–Trinajstić information content (AvgIpc) is 2.55. The molecule has 0 saturated carbocycles. The summed E-state index contributed by atoms with van der Waals surface area (Å²) in [6.07, 6.45) is 3.67. The molecule has 1 aromatic carbocycles. The van der Waals surface area contributed by atoms with E-state index >= 15 is 0 Å². The van der Waals surface area contributed by atoms with Crippen LogP contribution >= 0.6 is 0 Å². The lowest BCUT2D eigenvalue weighted by Gasteiger charge is -2.40. The molecular formula is C17H26N2O2. The Balaban J connectivity index is 1.96. The van der Waals surface area contributed by atoms with Crippen molar-refractivity contribution in [1.82, 2.24) is 5.32 Å². The molecule has 0 aromatic heterocycles. The summed E-state index contributed by atoms with van der Waals surface area (Å²) in [7, 11) is 0. The quantitative estimate of drug-likeness (QED) is 0.876. The van der Waals surface area contributed by atoms with Crippen molar-refractivity contribution < 1.29 is 9.53 Å². The summed E-state index contributed by atoms with van der Waals surface area (Å²) in [4.78, 5) is 12.3. The van der Waals surface area contributed by atoms with E-state index in [1.807, 2.05) is 30.3 Å². The number of rotatable bonds is 5. The third kappa shape index (κ3) is 3.83. The maximum atomic E-state index is 12.3. The number of amides is 1. The van der Waals surface area contributed by atoms with Gasteiger partial charge in [0.05, 0.1) is 5.60 Å². The van der Waals surface area contributed by atoms with Gasteiger partial charge in [0.1, 0.15) is 6.04 Å². The highest BCUT2D eigenvalue weighted by atomic mass is 16.5. The van der Waals surface area contributed by atoms with Gasteiger partial charge < -0.3 is 15.8 Å². The van der Waals surface area contributed by atoms with Gasteiger partial charge in [-0.05, 0) is 31.2 Å². The van der Waals surface area contributed by atoms with Crippen molar-refractivity contribution in [3.63, 3.8) is 0 Å². The van der Waals surface area contributed by atoms with E-state index in [1.165, 1.54) is 0 Å². The molecule has 1 aromatic rings. The van der Waals surface area contributed by atoms with Crippen LogP contribution in [0.1, 0.15) is 51.1 Å². The smallest absolute Gasteiger partial charge is 0.241 e. The fourth-order valence-electron chi connectivity index (χ4n) is 3.00. The Morgan fingerprint density at radius 2 is 2.05 bits per heavy atom. The van der Waals surface area contributed by atoms with Crippen molar-refractivity contribution in [2.75, 3.05) is 6.61 Å². The molecule has 116 valence electrons. The highest BCUT2D eigenvalue weighted by Crippen LogP contribution is 2.31. The molecule has 1 fully saturated rings. The first kappa shape index (κ1) is 16.0. The van der Waals surface area contributed by atoms with Gasteiger partial charge in [-0.15, -0.1) is 0 Å². The average molecular weight is 290 g/mol. The SMILES string of the molecule is CCC1(CC)CC(NC(=O)C(N)c2ccccc2)CCO1. The first-order chi connectivity index (χ1) is 10.1. The number of ether oxygens (including phenoxy) is 1. The minimum atomic E-state index is -0.605. The zero-order chi connectivity index (χ0) is 15.3. The van der Waals surface area contributed by atoms with E-state index in [2.05, 4.69) is 19.2 Å². The van der Waals surface area contributed by atoms with Crippen molar-refractivity contribution in [3.05, 3.63) is 35.9 Å². The van der Waals surface area contributed by atoms with Crippen molar-refractivity contribution in [3.8, 4) is 0 Å². The van der Waals surface area contributed by atoms with Gasteiger partial charge in [-0.3, -0.25) is 4.79 Å². The number of nitrogens with two attached hydrogens (primary N) is 1. The van der Waals surface area contributed by atoms with E-state index in [-0.39, 0.29) is 17.6 Å². The van der Waals surface area contributed by atoms with Crippen LogP contribution in [0.15, 0.2) is 30.3 Å². The minimum Gasteiger partial charge on any atom is -0.375 e. The second kappa shape index (κ2) is 7.05. The molecule has 2 rings (SSSR count). The number of nitrogens with one attached hydrogen (secondary N) is 1. The monoisotopic (exact) mass is 290 g/mol. The molecule has 0 radical (unpaired) electrons. The maximum Gasteiger partial charge on any atom is 0.241 e. The lowest BCUT2D eigenvalue weighted by Crippen LogP contribution is -2.49. The fourth-order valence-corrected chi connectivity index (χ4v) is 3.00. The van der Waals surface area contributed by atoms with Crippen molar-refractivity contribution in [1.29, 1.82) is 0 Å². The van der Waals surface area contributed by atoms with Crippen LogP contribution in [-0.2, 0) is 9.53 Å². The highest BCUT2D eigenvalue weighted by Gasteiger charge is 2.35. The molecule has 1 heterocycles. The summed E-state index contributed by atoms with van der Waals surface area (Å²) < 4.78 is 5.94. The molecule has 3 N–H and O–H groups in total. The lowest BCUT2D eigenvalue weighted by atomic mass is 9.86. The van der Waals surface area contributed by atoms with Crippen LogP contribution in [-0.4, -0.2) is 24.2 Å². The second-order valence-electron chi connectivity index (χ2n) is 5.83. The Kier molecular flexibility index (Phi) is 5.37. The van der Waals surface area contributed by atoms with Gasteiger partial charge in [0.25, 0.3) is 0 Å². The molecule has 21 heavy (non-hydrogen) atoms. The molecule has 2 atom stereocenters. The molecule has 1 aliphatic rings. The first-order valence-electron chi connectivity index (χ1n) is 7.85. The highest BCUT2D eigenvalue weighted by molar-refractivity contribution is 5.83. The van der Waals surface area contributed by atoms with Gasteiger partial charge in [-0.1, -0.05) is 44.2 Å². The van der Waals surface area contributed by atoms with E-state index in [9.17, 15) is 4.79 Å². The van der Waals surface area contributed by atoms with Crippen molar-refractivity contribution >= 4 is 5.91 Å². The third-order valence-corrected chi connectivity index (χ3v) is 4.57. The number of carbonyl (C=O) groups is 1. The topological polar surface area (TPSA) is 64.4 Å². The summed E-state index contributed by atoms with van der Waals surface area (Å²) in [5.41, 5.74) is 6.80. The van der Waals surface area contributed by atoms with E-state index in [0.29, 0.717) is 6.61 Å². The zero-order valence-corrected chi connectivity index (χ0v) is 13.0. The predicted octanol–water partition coefficient (Wildman–Crippen LogP) is 2.54. The van der Waals surface area contributed by atoms with Gasteiger partial charge in [-0.25, -0.2) is 0 Å². The van der Waals surface area contributed by atoms with E-state index in [4.69, 9.17) is 10.5 Å². The van der Waals surface area contributed by atoms with Gasteiger partial charge in [-0.2, -0.15) is 0 Å². The summed E-state index contributed by atoms with van der Waals surface area (Å²) >= 11 is 0. The number of carbonyl (C=O) groups excluding carboxylic acids is 1. The molecular weight excluding hydrogens is 264 g/mol. The zero-order valence-electron chi connectivity index (χ0n) is 13.0. The lowest BCUT2D eigenvalue weighted by molar-refractivity contribution is -0.127. The van der Waals surface area contributed by atoms with Crippen LogP contribution in [0.3, 0.4) is 0 Å². The molecule has 0 spiro atoms. The van der Waals surface area contributed by atoms with E-state index < -0.39 is 6.04 Å². The minimum absolute atomic E-state index is 0.0902. The normalized spacial score (nSPS) is 22.5. The van der Waals surface area contributed by atoms with Gasteiger partial charge in [0, 0.05) is 12.6 Å². The van der Waals surface area contributed by atoms with E-state index in [0.717, 1.165) is 31.2 Å². The summed E-state index contributed by atoms with van der Waals surface area (Å²) in [5, 5.41) is 3.10. The summed E-state index contributed by atoms with van der Waals surface area (Å²) in [6.45, 7) is 4.99. The molecule has 0 bridgehead atoms. The molecule has 1 saturated heterocycles. The van der Waals surface area contributed by atoms with Crippen LogP contribution in [0.25, 0.3) is 0 Å². The Morgan fingerprint density at radius 3 is 2.67 bits per heavy atom. The van der Waals surface area contributed by atoms with Crippen LogP contribution in [0.2, 0.25) is 0 Å². The maximum absolute atomic E-state index is 12.3. The van der Waals surface area contributed by atoms with Crippen LogP contribution < -0.4 is 11.1 Å². The largest absolute Gasteiger partial charge is 0.375 e. The van der Waals surface area contributed by atoms with Crippen LogP contribution in [0.5, 0.6) is 0 Å². The Hall–Kier alpha value is -1.39. The number of hydrogen-bond donors (Lipinski definition) is 2. The van der Waals surface area contributed by atoms with Crippen LogP contribution in [0.4, 0.5) is 0 Å². The molecule has 1 amide bonds. The predicted molar refractivity (Wildman–Crippen MR) is 83.8 cm³/mol. The molecule has 0 aliphatic carbocycles. The molecule has 2 unspecified atom stereocenters. The summed E-state index contributed by atoms with van der Waals surface area (Å²) in [5.74, 6) is -0.103. The first-order valence-corrected chi connectivity index (χ1v) is 7.85. The number of hydrogen-bond acceptors (Lipinski definition) is 3. The molecule has 1 aliphatic heterocycles. The standard InChI is InChI=1S/C17H26N2O2/c1-3-17(4-2)12-14(10-11-21-17)19-16(20)15(18)13-8-6-5-7-9-13/h5-9,14-15H,3-4,10-12,18H2,1-2H3,(H,19,20). The van der Waals surface area contributed by atoms with Gasteiger partial charge >= 0.3 is 0 Å².